The highest BCUT2D eigenvalue weighted by Gasteiger charge is 2.06. The molecule has 0 aliphatic heterocycles. The van der Waals surface area contributed by atoms with Crippen LogP contribution in [0.3, 0.4) is 0 Å². The monoisotopic (exact) mass is 230 g/mol. The van der Waals surface area contributed by atoms with E-state index in [1.165, 1.54) is 0 Å². The third kappa shape index (κ3) is 7.99. The highest BCUT2D eigenvalue weighted by molar-refractivity contribution is 5.85. The molecule has 0 amide bonds. The van der Waals surface area contributed by atoms with E-state index in [0.717, 1.165) is 6.42 Å². The number of unbranched alkanes of at least 4 members (excludes halogenated alkanes) is 2. The lowest BCUT2D eigenvalue weighted by Crippen LogP contribution is -2.08. The van der Waals surface area contributed by atoms with Gasteiger partial charge in [-0.1, -0.05) is 13.0 Å². The van der Waals surface area contributed by atoms with Crippen molar-refractivity contribution in [3.05, 3.63) is 12.2 Å². The largest absolute Gasteiger partial charge is 0.478 e. The van der Waals surface area contributed by atoms with Crippen LogP contribution in [-0.4, -0.2) is 35.4 Å². The smallest absolute Gasteiger partial charge is 0.331 e. The van der Waals surface area contributed by atoms with Crippen molar-refractivity contribution >= 4 is 11.9 Å². The second-order valence-electron chi connectivity index (χ2n) is 3.41. The number of carbonyl (C=O) groups excluding carboxylic acids is 1. The number of hydrogen-bond donors (Lipinski definition) is 2. The number of aliphatic carboxylic acids is 1. The Kier molecular flexibility index (Phi) is 8.15. The summed E-state index contributed by atoms with van der Waals surface area (Å²) in [6, 6.07) is 0. The van der Waals surface area contributed by atoms with Crippen LogP contribution in [0.1, 0.15) is 32.1 Å². The number of hydrogen-bond acceptors (Lipinski definition) is 4. The first-order valence-corrected chi connectivity index (χ1v) is 5.25. The van der Waals surface area contributed by atoms with Crippen molar-refractivity contribution in [2.45, 2.75) is 32.1 Å². The minimum atomic E-state index is -1.07. The predicted octanol–water partition coefficient (Wildman–Crippen LogP) is 1.11. The van der Waals surface area contributed by atoms with Crippen molar-refractivity contribution in [3.63, 3.8) is 0 Å². The first kappa shape index (κ1) is 14.6. The standard InChI is InChI=1S/C11H18O5/c1-9(11(14)15)6-8-16-10(13)5-3-2-4-7-12/h12H,1-8H2,(H,14,15). The van der Waals surface area contributed by atoms with Gasteiger partial charge in [-0.15, -0.1) is 0 Å². The summed E-state index contributed by atoms with van der Waals surface area (Å²) < 4.78 is 4.82. The molecule has 0 radical (unpaired) electrons. The van der Waals surface area contributed by atoms with Gasteiger partial charge in [-0.25, -0.2) is 4.79 Å². The molecule has 5 nitrogen and oxygen atoms in total. The Balaban J connectivity index is 3.44. The van der Waals surface area contributed by atoms with Gasteiger partial charge in [0, 0.05) is 25.0 Å². The van der Waals surface area contributed by atoms with Crippen LogP contribution in [0.25, 0.3) is 0 Å². The summed E-state index contributed by atoms with van der Waals surface area (Å²) in [5.74, 6) is -1.41. The summed E-state index contributed by atoms with van der Waals surface area (Å²) in [6.45, 7) is 3.51. The average Bonchev–Trinajstić information content (AvgIpc) is 2.24. The van der Waals surface area contributed by atoms with Crippen LogP contribution in [0.2, 0.25) is 0 Å². The Morgan fingerprint density at radius 1 is 1.12 bits per heavy atom. The van der Waals surface area contributed by atoms with Crippen molar-refractivity contribution in [1.82, 2.24) is 0 Å². The number of aliphatic hydroxyl groups excluding tert-OH is 1. The molecule has 2 N–H and O–H groups in total. The van der Waals surface area contributed by atoms with E-state index in [4.69, 9.17) is 14.9 Å². The lowest BCUT2D eigenvalue weighted by Gasteiger charge is -2.04. The van der Waals surface area contributed by atoms with Gasteiger partial charge in [-0.2, -0.15) is 0 Å². The van der Waals surface area contributed by atoms with E-state index in [0.29, 0.717) is 19.3 Å². The minimum Gasteiger partial charge on any atom is -0.478 e. The number of esters is 1. The lowest BCUT2D eigenvalue weighted by molar-refractivity contribution is -0.144. The Morgan fingerprint density at radius 3 is 2.38 bits per heavy atom. The van der Waals surface area contributed by atoms with Crippen LogP contribution < -0.4 is 0 Å². The van der Waals surface area contributed by atoms with Crippen molar-refractivity contribution in [3.8, 4) is 0 Å². The highest BCUT2D eigenvalue weighted by atomic mass is 16.5. The van der Waals surface area contributed by atoms with Gasteiger partial charge >= 0.3 is 11.9 Å². The predicted molar refractivity (Wildman–Crippen MR) is 57.9 cm³/mol. The van der Waals surface area contributed by atoms with Crippen molar-refractivity contribution in [2.75, 3.05) is 13.2 Å². The second-order valence-corrected chi connectivity index (χ2v) is 3.41. The number of carbonyl (C=O) groups is 2. The normalized spacial score (nSPS) is 9.81. The molecule has 0 aromatic carbocycles. The zero-order chi connectivity index (χ0) is 12.4. The van der Waals surface area contributed by atoms with Crippen LogP contribution in [0, 0.1) is 0 Å². The fraction of sp³-hybridized carbons (Fsp3) is 0.636. The Bertz CT molecular complexity index is 247. The minimum absolute atomic E-state index is 0.0353. The molecule has 92 valence electrons. The molecule has 0 aromatic rings. The second kappa shape index (κ2) is 8.91. The fourth-order valence-electron chi connectivity index (χ4n) is 1.03. The SMILES string of the molecule is C=C(CCOC(=O)CCCCCO)C(=O)O. The molecule has 0 aliphatic rings. The fourth-order valence-corrected chi connectivity index (χ4v) is 1.03. The lowest BCUT2D eigenvalue weighted by atomic mass is 10.2. The van der Waals surface area contributed by atoms with E-state index in [9.17, 15) is 9.59 Å². The summed E-state index contributed by atoms with van der Waals surface area (Å²) in [7, 11) is 0. The van der Waals surface area contributed by atoms with Gasteiger partial charge < -0.3 is 14.9 Å². The van der Waals surface area contributed by atoms with Crippen molar-refractivity contribution in [2.24, 2.45) is 0 Å². The topological polar surface area (TPSA) is 83.8 Å². The maximum absolute atomic E-state index is 11.1. The van der Waals surface area contributed by atoms with E-state index in [1.807, 2.05) is 0 Å². The number of rotatable bonds is 9. The Morgan fingerprint density at radius 2 is 1.81 bits per heavy atom. The van der Waals surface area contributed by atoms with Gasteiger partial charge in [0.2, 0.25) is 0 Å². The van der Waals surface area contributed by atoms with Gasteiger partial charge in [0.15, 0.2) is 0 Å². The number of ether oxygens (including phenoxy) is 1. The molecule has 0 aliphatic carbocycles. The van der Waals surface area contributed by atoms with Crippen LogP contribution in [0.5, 0.6) is 0 Å². The molecule has 16 heavy (non-hydrogen) atoms. The maximum atomic E-state index is 11.1. The molecule has 5 heteroatoms. The van der Waals surface area contributed by atoms with Crippen molar-refractivity contribution in [1.29, 1.82) is 0 Å². The van der Waals surface area contributed by atoms with Crippen LogP contribution in [0.15, 0.2) is 12.2 Å². The number of carboxylic acid groups (broad SMARTS) is 1. The molecule has 0 saturated heterocycles. The highest BCUT2D eigenvalue weighted by Crippen LogP contribution is 2.03. The zero-order valence-corrected chi connectivity index (χ0v) is 9.28. The molecule has 0 rings (SSSR count). The third-order valence-electron chi connectivity index (χ3n) is 2.01. The van der Waals surface area contributed by atoms with E-state index in [2.05, 4.69) is 6.58 Å². The molecule has 0 unspecified atom stereocenters. The van der Waals surface area contributed by atoms with Crippen molar-refractivity contribution < 1.29 is 24.5 Å². The summed E-state index contributed by atoms with van der Waals surface area (Å²) >= 11 is 0. The Labute approximate surface area is 94.7 Å². The summed E-state index contributed by atoms with van der Waals surface area (Å²) in [5.41, 5.74) is 0.0353. The molecule has 0 fully saturated rings. The molecule has 0 bridgehead atoms. The van der Waals surface area contributed by atoms with Gasteiger partial charge in [-0.3, -0.25) is 4.79 Å². The molecule has 0 heterocycles. The van der Waals surface area contributed by atoms with E-state index >= 15 is 0 Å². The quantitative estimate of drug-likeness (QED) is 0.352. The van der Waals surface area contributed by atoms with Crippen LogP contribution in [0.4, 0.5) is 0 Å². The molecule has 0 spiro atoms. The number of aliphatic hydroxyl groups is 1. The zero-order valence-electron chi connectivity index (χ0n) is 9.28. The maximum Gasteiger partial charge on any atom is 0.331 e. The number of carboxylic acids is 1. The Hall–Kier alpha value is -1.36. The van der Waals surface area contributed by atoms with Gasteiger partial charge in [-0.05, 0) is 12.8 Å². The molecular formula is C11H18O5. The molecule has 0 saturated carbocycles. The van der Waals surface area contributed by atoms with E-state index in [1.54, 1.807) is 0 Å². The van der Waals surface area contributed by atoms with Crippen LogP contribution >= 0.6 is 0 Å². The van der Waals surface area contributed by atoms with Crippen LogP contribution in [-0.2, 0) is 14.3 Å². The molecular weight excluding hydrogens is 212 g/mol. The summed E-state index contributed by atoms with van der Waals surface area (Å²) in [4.78, 5) is 21.5. The first-order valence-electron chi connectivity index (χ1n) is 5.25. The van der Waals surface area contributed by atoms with Gasteiger partial charge in [0.05, 0.1) is 6.61 Å². The van der Waals surface area contributed by atoms with Gasteiger partial charge in [0.1, 0.15) is 0 Å². The average molecular weight is 230 g/mol. The molecule has 0 aromatic heterocycles. The third-order valence-corrected chi connectivity index (χ3v) is 2.01. The first-order chi connectivity index (χ1) is 7.57. The van der Waals surface area contributed by atoms with E-state index < -0.39 is 5.97 Å². The summed E-state index contributed by atoms with van der Waals surface area (Å²) in [6.07, 6.45) is 2.60. The van der Waals surface area contributed by atoms with Gasteiger partial charge in [0.25, 0.3) is 0 Å². The summed E-state index contributed by atoms with van der Waals surface area (Å²) in [5, 5.41) is 17.0. The molecule has 0 atom stereocenters. The van der Waals surface area contributed by atoms with E-state index in [-0.39, 0.29) is 31.2 Å².